The summed E-state index contributed by atoms with van der Waals surface area (Å²) in [6.45, 7) is 1.62. The lowest BCUT2D eigenvalue weighted by molar-refractivity contribution is 0.312. The van der Waals surface area contributed by atoms with Crippen molar-refractivity contribution in [1.82, 2.24) is 4.90 Å². The molecule has 19 heavy (non-hydrogen) atoms. The van der Waals surface area contributed by atoms with Crippen LogP contribution in [0, 0.1) is 7.14 Å². The highest BCUT2D eigenvalue weighted by atomic mass is 127. The first-order chi connectivity index (χ1) is 9.06. The van der Waals surface area contributed by atoms with Crippen LogP contribution in [-0.4, -0.2) is 17.1 Å². The van der Waals surface area contributed by atoms with Crippen LogP contribution in [0.3, 0.4) is 0 Å². The highest BCUT2D eigenvalue weighted by Crippen LogP contribution is 2.28. The van der Waals surface area contributed by atoms with Gasteiger partial charge in [-0.05, 0) is 69.9 Å². The van der Waals surface area contributed by atoms with Gasteiger partial charge in [0, 0.05) is 22.2 Å². The molecule has 2 nitrogen and oxygen atoms in total. The highest BCUT2D eigenvalue weighted by Gasteiger charge is 2.10. The molecule has 0 spiro atoms. The van der Waals surface area contributed by atoms with E-state index >= 15 is 0 Å². The molecular formula is C15H15I2NO. The summed E-state index contributed by atoms with van der Waals surface area (Å²) in [5.41, 5.74) is 2.26. The van der Waals surface area contributed by atoms with Crippen LogP contribution in [-0.2, 0) is 13.1 Å². The molecular weight excluding hydrogens is 464 g/mol. The molecule has 0 aliphatic heterocycles. The molecule has 0 aromatic heterocycles. The summed E-state index contributed by atoms with van der Waals surface area (Å²) in [5.74, 6) is 0.404. The molecule has 0 amide bonds. The summed E-state index contributed by atoms with van der Waals surface area (Å²) >= 11 is 4.46. The predicted octanol–water partition coefficient (Wildman–Crippen LogP) is 4.23. The number of phenols is 1. The predicted molar refractivity (Wildman–Crippen MR) is 95.2 cm³/mol. The zero-order chi connectivity index (χ0) is 13.8. The van der Waals surface area contributed by atoms with E-state index in [0.717, 1.165) is 25.8 Å². The van der Waals surface area contributed by atoms with Crippen molar-refractivity contribution in [3.05, 3.63) is 60.7 Å². The molecule has 0 saturated heterocycles. The summed E-state index contributed by atoms with van der Waals surface area (Å²) < 4.78 is 2.07. The van der Waals surface area contributed by atoms with Gasteiger partial charge in [0.15, 0.2) is 0 Å². The first kappa shape index (κ1) is 15.1. The quantitative estimate of drug-likeness (QED) is 0.664. The SMILES string of the molecule is CN(Cc1ccccc1)Cc1cc(I)cc(I)c1O. The van der Waals surface area contributed by atoms with Crippen LogP contribution < -0.4 is 0 Å². The Morgan fingerprint density at radius 1 is 1.05 bits per heavy atom. The Bertz CT molecular complexity index is 558. The van der Waals surface area contributed by atoms with E-state index in [0.29, 0.717) is 5.75 Å². The molecule has 0 aliphatic rings. The Morgan fingerprint density at radius 3 is 2.42 bits per heavy atom. The van der Waals surface area contributed by atoms with Crippen LogP contribution >= 0.6 is 45.2 Å². The van der Waals surface area contributed by atoms with E-state index in [4.69, 9.17) is 0 Å². The minimum absolute atomic E-state index is 0.404. The molecule has 2 aromatic rings. The second kappa shape index (κ2) is 6.90. The Balaban J connectivity index is 2.09. The van der Waals surface area contributed by atoms with Gasteiger partial charge in [0.05, 0.1) is 3.57 Å². The van der Waals surface area contributed by atoms with E-state index in [1.807, 2.05) is 18.2 Å². The minimum atomic E-state index is 0.404. The maximum Gasteiger partial charge on any atom is 0.133 e. The average molecular weight is 479 g/mol. The fourth-order valence-corrected chi connectivity index (χ4v) is 3.95. The Kier molecular flexibility index (Phi) is 5.47. The van der Waals surface area contributed by atoms with Gasteiger partial charge in [-0.25, -0.2) is 0 Å². The molecule has 1 N–H and O–H groups in total. The number of aromatic hydroxyl groups is 1. The van der Waals surface area contributed by atoms with Crippen LogP contribution in [0.15, 0.2) is 42.5 Å². The van der Waals surface area contributed by atoms with Crippen molar-refractivity contribution < 1.29 is 5.11 Å². The zero-order valence-corrected chi connectivity index (χ0v) is 14.9. The number of benzene rings is 2. The summed E-state index contributed by atoms with van der Waals surface area (Å²) in [6, 6.07) is 14.4. The van der Waals surface area contributed by atoms with Crippen molar-refractivity contribution in [3.8, 4) is 5.75 Å². The number of nitrogens with zero attached hydrogens (tertiary/aromatic N) is 1. The molecule has 0 fully saturated rings. The van der Waals surface area contributed by atoms with Crippen molar-refractivity contribution in [2.45, 2.75) is 13.1 Å². The molecule has 100 valence electrons. The topological polar surface area (TPSA) is 23.5 Å². The number of phenolic OH excluding ortho intramolecular Hbond substituents is 1. The molecule has 4 heteroatoms. The van der Waals surface area contributed by atoms with Crippen molar-refractivity contribution in [2.24, 2.45) is 0 Å². The van der Waals surface area contributed by atoms with Gasteiger partial charge in [-0.1, -0.05) is 30.3 Å². The van der Waals surface area contributed by atoms with E-state index in [1.54, 1.807) is 0 Å². The summed E-state index contributed by atoms with van der Waals surface area (Å²) in [7, 11) is 2.07. The molecule has 0 saturated carbocycles. The summed E-state index contributed by atoms with van der Waals surface area (Å²) in [6.07, 6.45) is 0. The Labute approximate surface area is 141 Å². The third-order valence-corrected chi connectivity index (χ3v) is 4.29. The van der Waals surface area contributed by atoms with Gasteiger partial charge >= 0.3 is 0 Å². The monoisotopic (exact) mass is 479 g/mol. The molecule has 0 bridgehead atoms. The maximum absolute atomic E-state index is 10.1. The maximum atomic E-state index is 10.1. The van der Waals surface area contributed by atoms with Crippen LogP contribution in [0.4, 0.5) is 0 Å². The molecule has 0 aliphatic carbocycles. The van der Waals surface area contributed by atoms with Gasteiger partial charge in [0.2, 0.25) is 0 Å². The van der Waals surface area contributed by atoms with E-state index in [2.05, 4.69) is 81.4 Å². The van der Waals surface area contributed by atoms with Gasteiger partial charge in [-0.15, -0.1) is 0 Å². The van der Waals surface area contributed by atoms with E-state index in [1.165, 1.54) is 5.56 Å². The van der Waals surface area contributed by atoms with Crippen molar-refractivity contribution in [1.29, 1.82) is 0 Å². The Morgan fingerprint density at radius 2 is 1.74 bits per heavy atom. The largest absolute Gasteiger partial charge is 0.507 e. The summed E-state index contributed by atoms with van der Waals surface area (Å²) in [5, 5.41) is 10.1. The van der Waals surface area contributed by atoms with Crippen LogP contribution in [0.2, 0.25) is 0 Å². The molecule has 2 aromatic carbocycles. The van der Waals surface area contributed by atoms with Gasteiger partial charge < -0.3 is 5.11 Å². The fourth-order valence-electron chi connectivity index (χ4n) is 1.98. The standard InChI is InChI=1S/C15H15I2NO/c1-18(9-11-5-3-2-4-6-11)10-12-7-13(16)8-14(17)15(12)19/h2-8,19H,9-10H2,1H3. The van der Waals surface area contributed by atoms with Gasteiger partial charge in [-0.3, -0.25) is 4.90 Å². The molecule has 0 atom stereocenters. The lowest BCUT2D eigenvalue weighted by Crippen LogP contribution is -2.17. The number of halogens is 2. The number of hydrogen-bond donors (Lipinski definition) is 1. The van der Waals surface area contributed by atoms with Crippen molar-refractivity contribution in [3.63, 3.8) is 0 Å². The third-order valence-electron chi connectivity index (χ3n) is 2.84. The van der Waals surface area contributed by atoms with E-state index in [9.17, 15) is 5.11 Å². The highest BCUT2D eigenvalue weighted by molar-refractivity contribution is 14.1. The average Bonchev–Trinajstić information content (AvgIpc) is 2.36. The molecule has 0 heterocycles. The normalized spacial score (nSPS) is 10.9. The zero-order valence-electron chi connectivity index (χ0n) is 10.6. The third kappa shape index (κ3) is 4.32. The van der Waals surface area contributed by atoms with E-state index in [-0.39, 0.29) is 0 Å². The van der Waals surface area contributed by atoms with Crippen LogP contribution in [0.5, 0.6) is 5.75 Å². The van der Waals surface area contributed by atoms with Gasteiger partial charge in [0.1, 0.15) is 5.75 Å². The second-order valence-electron chi connectivity index (χ2n) is 4.55. The van der Waals surface area contributed by atoms with Gasteiger partial charge in [0.25, 0.3) is 0 Å². The smallest absolute Gasteiger partial charge is 0.133 e. The van der Waals surface area contributed by atoms with Crippen LogP contribution in [0.1, 0.15) is 11.1 Å². The molecule has 2 rings (SSSR count). The molecule has 0 radical (unpaired) electrons. The van der Waals surface area contributed by atoms with Crippen molar-refractivity contribution >= 4 is 45.2 Å². The lowest BCUT2D eigenvalue weighted by atomic mass is 10.1. The lowest BCUT2D eigenvalue weighted by Gasteiger charge is -2.18. The van der Waals surface area contributed by atoms with E-state index < -0.39 is 0 Å². The Hall–Kier alpha value is -0.340. The number of hydrogen-bond acceptors (Lipinski definition) is 2. The number of rotatable bonds is 4. The van der Waals surface area contributed by atoms with Gasteiger partial charge in [-0.2, -0.15) is 0 Å². The fraction of sp³-hybridized carbons (Fsp3) is 0.200. The van der Waals surface area contributed by atoms with Crippen LogP contribution in [0.25, 0.3) is 0 Å². The molecule has 0 unspecified atom stereocenters. The first-order valence-electron chi connectivity index (χ1n) is 5.95. The summed E-state index contributed by atoms with van der Waals surface area (Å²) in [4.78, 5) is 2.20. The minimum Gasteiger partial charge on any atom is -0.507 e. The van der Waals surface area contributed by atoms with Crippen molar-refractivity contribution in [2.75, 3.05) is 7.05 Å². The first-order valence-corrected chi connectivity index (χ1v) is 8.11. The second-order valence-corrected chi connectivity index (χ2v) is 6.96.